The van der Waals surface area contributed by atoms with Crippen LogP contribution in [0.25, 0.3) is 0 Å². The molecule has 0 saturated heterocycles. The summed E-state index contributed by atoms with van der Waals surface area (Å²) in [5, 5.41) is 14.7. The smallest absolute Gasteiger partial charge is 0.235 e. The van der Waals surface area contributed by atoms with Crippen LogP contribution in [0.3, 0.4) is 0 Å². The molecule has 1 aromatic rings. The number of nitrogens with zero attached hydrogens (tertiary/aromatic N) is 1. The number of rotatable bonds is 9. The minimum Gasteiger partial charge on any atom is -0.461 e. The molecule has 0 saturated carbocycles. The summed E-state index contributed by atoms with van der Waals surface area (Å²) in [7, 11) is 0. The van der Waals surface area contributed by atoms with Gasteiger partial charge in [-0.25, -0.2) is 4.39 Å². The zero-order chi connectivity index (χ0) is 16.5. The van der Waals surface area contributed by atoms with Crippen molar-refractivity contribution in [2.75, 3.05) is 0 Å². The minimum atomic E-state index is -1.37. The Morgan fingerprint density at radius 3 is 2.55 bits per heavy atom. The number of aliphatic imine (C=N–C) groups is 1. The van der Waals surface area contributed by atoms with Gasteiger partial charge in [0.15, 0.2) is 5.78 Å². The molecule has 5 nitrogen and oxygen atoms in total. The van der Waals surface area contributed by atoms with Crippen LogP contribution in [0.4, 0.5) is 10.1 Å². The summed E-state index contributed by atoms with van der Waals surface area (Å²) < 4.78 is 17.5. The molecule has 2 unspecified atom stereocenters. The molecule has 0 amide bonds. The van der Waals surface area contributed by atoms with Crippen molar-refractivity contribution in [3.8, 4) is 5.75 Å². The van der Waals surface area contributed by atoms with E-state index in [0.717, 1.165) is 0 Å². The van der Waals surface area contributed by atoms with Crippen LogP contribution >= 0.6 is 0 Å². The van der Waals surface area contributed by atoms with Gasteiger partial charge in [0.25, 0.3) is 0 Å². The van der Waals surface area contributed by atoms with E-state index in [1.165, 1.54) is 19.4 Å². The van der Waals surface area contributed by atoms with Gasteiger partial charge in [-0.15, -0.1) is 0 Å². The molecule has 0 aliphatic heterocycles. The van der Waals surface area contributed by atoms with E-state index >= 15 is 0 Å². The molecule has 22 heavy (non-hydrogen) atoms. The maximum Gasteiger partial charge on any atom is 0.235 e. The number of carbonyl (C=O) groups is 1. The Hall–Kier alpha value is -2.37. The summed E-state index contributed by atoms with van der Waals surface area (Å²) in [6, 6.07) is 6.50. The van der Waals surface area contributed by atoms with E-state index in [2.05, 4.69) is 4.99 Å². The van der Waals surface area contributed by atoms with Crippen LogP contribution in [0, 0.1) is 16.7 Å². The molecule has 0 aliphatic rings. The summed E-state index contributed by atoms with van der Waals surface area (Å²) in [4.78, 5) is 15.9. The third-order valence-corrected chi connectivity index (χ3v) is 2.92. The average molecular weight is 305 g/mol. The lowest BCUT2D eigenvalue weighted by Crippen LogP contribution is -2.21. The third kappa shape index (κ3) is 5.95. The maximum atomic E-state index is 12.7. The highest BCUT2D eigenvalue weighted by molar-refractivity contribution is 6.41. The molecular weight excluding hydrogens is 285 g/mol. The van der Waals surface area contributed by atoms with E-state index in [-0.39, 0.29) is 23.8 Å². The number of alkyl halides is 1. The molecule has 2 atom stereocenters. The second-order valence-corrected chi connectivity index (χ2v) is 4.85. The summed E-state index contributed by atoms with van der Waals surface area (Å²) in [6.07, 6.45) is 1.70. The van der Waals surface area contributed by atoms with Gasteiger partial charge in [-0.05, 0) is 36.9 Å². The number of hydrogen-bond donors (Lipinski definition) is 2. The topological polar surface area (TPSA) is 86.4 Å². The number of Topliss-reactive ketones (excluding diaryl/α,β-unsaturated/α-hetero) is 1. The predicted octanol–water partition coefficient (Wildman–Crippen LogP) is 3.74. The molecular formula is C16H20FN3O2. The van der Waals surface area contributed by atoms with Crippen molar-refractivity contribution in [1.82, 2.24) is 0 Å². The van der Waals surface area contributed by atoms with Crippen molar-refractivity contribution in [3.63, 3.8) is 0 Å². The van der Waals surface area contributed by atoms with Crippen molar-refractivity contribution in [2.45, 2.75) is 33.0 Å². The number of ketones is 1. The monoisotopic (exact) mass is 305 g/mol. The van der Waals surface area contributed by atoms with Gasteiger partial charge in [-0.1, -0.05) is 6.92 Å². The number of nitrogens with one attached hydrogen (secondary N) is 2. The molecule has 0 bridgehead atoms. The number of benzene rings is 1. The highest BCUT2D eigenvalue weighted by atomic mass is 19.1. The van der Waals surface area contributed by atoms with E-state index < -0.39 is 6.36 Å². The van der Waals surface area contributed by atoms with Gasteiger partial charge >= 0.3 is 0 Å². The molecule has 118 valence electrons. The molecule has 0 fully saturated rings. The Labute approximate surface area is 129 Å². The molecule has 0 aliphatic carbocycles. The van der Waals surface area contributed by atoms with E-state index in [4.69, 9.17) is 15.6 Å². The molecule has 6 heteroatoms. The largest absolute Gasteiger partial charge is 0.461 e. The van der Waals surface area contributed by atoms with Crippen molar-refractivity contribution < 1.29 is 13.9 Å². The van der Waals surface area contributed by atoms with Gasteiger partial charge in [0, 0.05) is 25.5 Å². The lowest BCUT2D eigenvalue weighted by atomic mass is 9.98. The van der Waals surface area contributed by atoms with Gasteiger partial charge in [0.05, 0.1) is 11.4 Å². The van der Waals surface area contributed by atoms with E-state index in [9.17, 15) is 9.18 Å². The van der Waals surface area contributed by atoms with Crippen LogP contribution < -0.4 is 4.74 Å². The van der Waals surface area contributed by atoms with Crippen molar-refractivity contribution in [3.05, 3.63) is 24.3 Å². The normalized spacial score (nSPS) is 13.6. The van der Waals surface area contributed by atoms with Crippen LogP contribution in [0.15, 0.2) is 29.3 Å². The molecule has 0 heterocycles. The molecule has 1 aromatic carbocycles. The molecule has 0 radical (unpaired) electrons. The molecule has 0 spiro atoms. The first kappa shape index (κ1) is 17.7. The first-order valence-electron chi connectivity index (χ1n) is 6.98. The van der Waals surface area contributed by atoms with Gasteiger partial charge in [-0.3, -0.25) is 9.79 Å². The van der Waals surface area contributed by atoms with Gasteiger partial charge in [0.2, 0.25) is 6.36 Å². The number of halogens is 1. The fraction of sp³-hybridized carbons (Fsp3) is 0.375. The Morgan fingerprint density at radius 1 is 1.36 bits per heavy atom. The standard InChI is InChI=1S/C16H20FN3O2/c1-11(7-9-18)16(19)15(21)8-10-20-13-3-5-14(6-4-13)22-12(2)17/h3-6,9-12,18-19H,7-8H2,1-2H3. The molecule has 2 N–H and O–H groups in total. The minimum absolute atomic E-state index is 0.00984. The molecule has 0 aromatic heterocycles. The second kappa shape index (κ2) is 8.81. The third-order valence-electron chi connectivity index (χ3n) is 2.92. The van der Waals surface area contributed by atoms with Crippen molar-refractivity contribution in [1.29, 1.82) is 10.8 Å². The molecule has 1 rings (SSSR count). The fourth-order valence-corrected chi connectivity index (χ4v) is 1.71. The highest BCUT2D eigenvalue weighted by Gasteiger charge is 2.14. The Morgan fingerprint density at radius 2 is 2.00 bits per heavy atom. The summed E-state index contributed by atoms with van der Waals surface area (Å²) in [5.41, 5.74) is 0.626. The zero-order valence-corrected chi connectivity index (χ0v) is 12.7. The first-order chi connectivity index (χ1) is 10.4. The summed E-state index contributed by atoms with van der Waals surface area (Å²) in [5.74, 6) is -0.144. The van der Waals surface area contributed by atoms with Crippen LogP contribution in [-0.2, 0) is 4.79 Å². The lowest BCUT2D eigenvalue weighted by molar-refractivity contribution is -0.112. The lowest BCUT2D eigenvalue weighted by Gasteiger charge is -2.07. The van der Waals surface area contributed by atoms with E-state index in [1.54, 1.807) is 31.2 Å². The first-order valence-corrected chi connectivity index (χ1v) is 6.98. The zero-order valence-electron chi connectivity index (χ0n) is 12.7. The van der Waals surface area contributed by atoms with Crippen molar-refractivity contribution >= 4 is 29.6 Å². The van der Waals surface area contributed by atoms with Crippen molar-refractivity contribution in [2.24, 2.45) is 10.9 Å². The second-order valence-electron chi connectivity index (χ2n) is 4.85. The number of hydrogen-bond acceptors (Lipinski definition) is 5. The quantitative estimate of drug-likeness (QED) is 0.681. The maximum absolute atomic E-state index is 12.7. The highest BCUT2D eigenvalue weighted by Crippen LogP contribution is 2.19. The summed E-state index contributed by atoms with van der Waals surface area (Å²) >= 11 is 0. The van der Waals surface area contributed by atoms with Crippen LogP contribution in [0.1, 0.15) is 26.7 Å². The van der Waals surface area contributed by atoms with E-state index in [1.807, 2.05) is 0 Å². The number of carbonyl (C=O) groups excluding carboxylic acids is 1. The summed E-state index contributed by atoms with van der Waals surface area (Å²) in [6.45, 7) is 3.04. The van der Waals surface area contributed by atoms with Gasteiger partial charge < -0.3 is 15.6 Å². The predicted molar refractivity (Wildman–Crippen MR) is 85.7 cm³/mol. The van der Waals surface area contributed by atoms with Crippen LogP contribution in [-0.4, -0.2) is 30.3 Å². The van der Waals surface area contributed by atoms with E-state index in [0.29, 0.717) is 17.9 Å². The SMILES string of the molecule is CC(F)Oc1ccc(N=CCC(=O)C(=N)C(C)CC=N)cc1. The van der Waals surface area contributed by atoms with Crippen LogP contribution in [0.5, 0.6) is 5.75 Å². The van der Waals surface area contributed by atoms with Gasteiger partial charge in [0.1, 0.15) is 5.75 Å². The Balaban J connectivity index is 2.53. The fourth-order valence-electron chi connectivity index (χ4n) is 1.71. The Bertz CT molecular complexity index is 553. The average Bonchev–Trinajstić information content (AvgIpc) is 2.47. The number of ether oxygens (including phenoxy) is 1. The Kier molecular flexibility index (Phi) is 7.08. The van der Waals surface area contributed by atoms with Gasteiger partial charge in [-0.2, -0.15) is 0 Å². The van der Waals surface area contributed by atoms with Crippen LogP contribution in [0.2, 0.25) is 0 Å².